The van der Waals surface area contributed by atoms with Crippen LogP contribution >= 0.6 is 23.0 Å². The van der Waals surface area contributed by atoms with Crippen LogP contribution in [0.4, 0.5) is 0 Å². The standard InChI is InChI=1S/C7H6BIO5.Li.H/c9-14-7(10)5-3-1-2-4-6(5)13-8(11)12;;/h1-4,11-12H;;/q;+1;-1. The molecule has 5 nitrogen and oxygen atoms in total. The largest absolute Gasteiger partial charge is 1.00 e. The molecular weight excluding hydrogens is 309 g/mol. The summed E-state index contributed by atoms with van der Waals surface area (Å²) in [4.78, 5) is 11.1. The summed E-state index contributed by atoms with van der Waals surface area (Å²) in [7, 11) is -1.96. The molecule has 0 amide bonds. The van der Waals surface area contributed by atoms with Gasteiger partial charge in [-0.25, -0.2) is 4.79 Å². The first-order chi connectivity index (χ1) is 6.65. The molecule has 2 N–H and O–H groups in total. The van der Waals surface area contributed by atoms with Crippen molar-refractivity contribution in [3.63, 3.8) is 0 Å². The quantitative estimate of drug-likeness (QED) is 0.483. The van der Waals surface area contributed by atoms with E-state index in [-0.39, 0.29) is 31.6 Å². The van der Waals surface area contributed by atoms with Gasteiger partial charge in [0, 0.05) is 0 Å². The Labute approximate surface area is 114 Å². The zero-order valence-electron chi connectivity index (χ0n) is 8.88. The summed E-state index contributed by atoms with van der Waals surface area (Å²) in [6.07, 6.45) is 0. The number of halogens is 1. The molecule has 0 saturated heterocycles. The molecule has 8 heteroatoms. The van der Waals surface area contributed by atoms with E-state index >= 15 is 0 Å². The van der Waals surface area contributed by atoms with Crippen molar-refractivity contribution in [2.24, 2.45) is 0 Å². The summed E-state index contributed by atoms with van der Waals surface area (Å²) in [6, 6.07) is 6.10. The predicted octanol–water partition coefficient (Wildman–Crippen LogP) is -2.34. The Morgan fingerprint density at radius 1 is 1.40 bits per heavy atom. The van der Waals surface area contributed by atoms with E-state index in [2.05, 4.69) is 7.72 Å². The Kier molecular flexibility index (Phi) is 7.04. The Bertz CT molecular complexity index is 340. The van der Waals surface area contributed by atoms with Gasteiger partial charge in [-0.05, 0) is 12.1 Å². The van der Waals surface area contributed by atoms with Gasteiger partial charge in [0.05, 0.1) is 0 Å². The number of carbonyl (C=O) groups excluding carboxylic acids is 1. The number of hydrogen-bond donors (Lipinski definition) is 2. The van der Waals surface area contributed by atoms with Crippen molar-refractivity contribution in [1.29, 1.82) is 0 Å². The maximum absolute atomic E-state index is 11.1. The summed E-state index contributed by atoms with van der Waals surface area (Å²) in [6.45, 7) is 0. The van der Waals surface area contributed by atoms with Gasteiger partial charge in [0.25, 0.3) is 0 Å². The van der Waals surface area contributed by atoms with Crippen molar-refractivity contribution in [1.82, 2.24) is 0 Å². The van der Waals surface area contributed by atoms with Gasteiger partial charge < -0.3 is 19.2 Å². The fourth-order valence-electron chi connectivity index (χ4n) is 0.893. The van der Waals surface area contributed by atoms with Gasteiger partial charge in [0.15, 0.2) is 23.0 Å². The number of rotatable bonds is 3. The molecule has 0 aliphatic carbocycles. The van der Waals surface area contributed by atoms with Crippen LogP contribution in [-0.2, 0) is 3.07 Å². The second kappa shape index (κ2) is 7.14. The van der Waals surface area contributed by atoms with Crippen LogP contribution in [0.2, 0.25) is 0 Å². The summed E-state index contributed by atoms with van der Waals surface area (Å²) >= 11 is 1.44. The van der Waals surface area contributed by atoms with Gasteiger partial charge in [-0.2, -0.15) is 0 Å². The number of carbonyl (C=O) groups is 1. The molecule has 0 atom stereocenters. The minimum Gasteiger partial charge on any atom is -1.00 e. The smallest absolute Gasteiger partial charge is 1.00 e. The van der Waals surface area contributed by atoms with Crippen molar-refractivity contribution in [3.8, 4) is 5.75 Å². The van der Waals surface area contributed by atoms with E-state index in [1.807, 2.05) is 0 Å². The Balaban J connectivity index is 0. The van der Waals surface area contributed by atoms with Crippen LogP contribution in [0, 0.1) is 0 Å². The maximum atomic E-state index is 11.1. The van der Waals surface area contributed by atoms with Crippen LogP contribution < -0.4 is 23.5 Å². The fourth-order valence-corrected chi connectivity index (χ4v) is 1.13. The molecule has 0 spiro atoms. The maximum Gasteiger partial charge on any atom is 1.00 e. The Morgan fingerprint density at radius 3 is 2.53 bits per heavy atom. The number of hydrogen-bond acceptors (Lipinski definition) is 5. The van der Waals surface area contributed by atoms with Crippen LogP contribution in [0.5, 0.6) is 5.75 Å². The summed E-state index contributed by atoms with van der Waals surface area (Å²) in [5, 5.41) is 17.1. The van der Waals surface area contributed by atoms with Gasteiger partial charge in [-0.3, -0.25) is 0 Å². The first-order valence-electron chi connectivity index (χ1n) is 3.60. The molecule has 0 aromatic heterocycles. The van der Waals surface area contributed by atoms with Gasteiger partial charge >= 0.3 is 32.2 Å². The van der Waals surface area contributed by atoms with Crippen LogP contribution in [0.15, 0.2) is 24.3 Å². The van der Waals surface area contributed by atoms with Crippen molar-refractivity contribution in [3.05, 3.63) is 29.8 Å². The second-order valence-electron chi connectivity index (χ2n) is 2.30. The molecule has 1 rings (SSSR count). The molecule has 0 fully saturated rings. The molecule has 0 heterocycles. The van der Waals surface area contributed by atoms with E-state index in [4.69, 9.17) is 10.0 Å². The molecule has 0 aliphatic rings. The molecule has 76 valence electrons. The van der Waals surface area contributed by atoms with E-state index in [0.717, 1.165) is 0 Å². The normalized spacial score (nSPS) is 8.73. The topological polar surface area (TPSA) is 76.0 Å². The SMILES string of the molecule is O=C(OI)c1ccccc1OB(O)O.[H-].[Li+]. The van der Waals surface area contributed by atoms with Gasteiger partial charge in [0.2, 0.25) is 0 Å². The summed E-state index contributed by atoms with van der Waals surface area (Å²) < 4.78 is 9.02. The van der Waals surface area contributed by atoms with Crippen LogP contribution in [0.25, 0.3) is 0 Å². The average Bonchev–Trinajstić information content (AvgIpc) is 2.16. The fraction of sp³-hybridized carbons (Fsp3) is 0. The first kappa shape index (κ1) is 14.8. The van der Waals surface area contributed by atoms with E-state index in [1.165, 1.54) is 35.1 Å². The minimum atomic E-state index is -1.96. The van der Waals surface area contributed by atoms with Gasteiger partial charge in [-0.15, -0.1) is 0 Å². The third-order valence-corrected chi connectivity index (χ3v) is 1.81. The van der Waals surface area contributed by atoms with E-state index in [0.29, 0.717) is 0 Å². The Hall–Kier alpha value is -0.198. The summed E-state index contributed by atoms with van der Waals surface area (Å²) in [5.74, 6) is -0.550. The zero-order valence-corrected chi connectivity index (χ0v) is 10.0. The van der Waals surface area contributed by atoms with Crippen molar-refractivity contribution in [2.45, 2.75) is 0 Å². The van der Waals surface area contributed by atoms with Gasteiger partial charge in [0.1, 0.15) is 11.3 Å². The molecule has 0 radical (unpaired) electrons. The number of benzene rings is 1. The molecular formula is C7H7BILiO5. The van der Waals surface area contributed by atoms with Gasteiger partial charge in [-0.1, -0.05) is 12.1 Å². The monoisotopic (exact) mass is 316 g/mol. The van der Waals surface area contributed by atoms with E-state index in [1.54, 1.807) is 12.1 Å². The molecule has 1 aromatic rings. The van der Waals surface area contributed by atoms with Crippen LogP contribution in [0.1, 0.15) is 11.8 Å². The average molecular weight is 316 g/mol. The second-order valence-corrected chi connectivity index (χ2v) is 2.75. The van der Waals surface area contributed by atoms with Crippen molar-refractivity contribution in [2.75, 3.05) is 0 Å². The number of para-hydroxylation sites is 1. The summed E-state index contributed by atoms with van der Waals surface area (Å²) in [5.41, 5.74) is 0.134. The Morgan fingerprint density at radius 2 is 2.00 bits per heavy atom. The predicted molar refractivity (Wildman–Crippen MR) is 57.8 cm³/mol. The van der Waals surface area contributed by atoms with Crippen molar-refractivity contribution < 1.29 is 42.9 Å². The van der Waals surface area contributed by atoms with Crippen LogP contribution in [0.3, 0.4) is 0 Å². The minimum absolute atomic E-state index is 0. The third kappa shape index (κ3) is 4.44. The molecule has 15 heavy (non-hydrogen) atoms. The first-order valence-corrected chi connectivity index (χ1v) is 4.48. The molecule has 0 aliphatic heterocycles. The third-order valence-electron chi connectivity index (χ3n) is 1.41. The molecule has 0 bridgehead atoms. The van der Waals surface area contributed by atoms with E-state index in [9.17, 15) is 4.79 Å². The van der Waals surface area contributed by atoms with Crippen molar-refractivity contribution >= 4 is 36.3 Å². The molecule has 0 unspecified atom stereocenters. The zero-order chi connectivity index (χ0) is 10.6. The van der Waals surface area contributed by atoms with Crippen LogP contribution in [-0.4, -0.2) is 23.3 Å². The molecule has 1 aromatic carbocycles. The molecule has 0 saturated carbocycles. The van der Waals surface area contributed by atoms with E-state index < -0.39 is 13.3 Å².